The van der Waals surface area contributed by atoms with Crippen molar-refractivity contribution in [3.63, 3.8) is 0 Å². The molecule has 21 heavy (non-hydrogen) atoms. The number of hydrogen-bond acceptors (Lipinski definition) is 3. The summed E-state index contributed by atoms with van der Waals surface area (Å²) < 4.78 is 0. The van der Waals surface area contributed by atoms with Gasteiger partial charge >= 0.3 is 0 Å². The smallest absolute Gasteiger partial charge is 0.0474 e. The molecule has 2 unspecified atom stereocenters. The molecule has 0 aromatic heterocycles. The van der Waals surface area contributed by atoms with Crippen molar-refractivity contribution in [3.05, 3.63) is 35.9 Å². The summed E-state index contributed by atoms with van der Waals surface area (Å²) in [5, 5.41) is 3.59. The lowest BCUT2D eigenvalue weighted by Gasteiger charge is -2.33. The van der Waals surface area contributed by atoms with Crippen LogP contribution in [-0.2, 0) is 0 Å². The molecule has 0 saturated carbocycles. The zero-order valence-corrected chi connectivity index (χ0v) is 13.9. The van der Waals surface area contributed by atoms with Crippen molar-refractivity contribution in [1.82, 2.24) is 15.1 Å². The zero-order chi connectivity index (χ0) is 15.1. The first-order valence-electron chi connectivity index (χ1n) is 8.53. The van der Waals surface area contributed by atoms with Gasteiger partial charge in [-0.3, -0.25) is 9.80 Å². The highest BCUT2D eigenvalue weighted by molar-refractivity contribution is 5.19. The number of benzene rings is 1. The second kappa shape index (κ2) is 8.52. The van der Waals surface area contributed by atoms with Crippen molar-refractivity contribution >= 4 is 0 Å². The average molecular weight is 289 g/mol. The van der Waals surface area contributed by atoms with Crippen LogP contribution in [0, 0.1) is 0 Å². The minimum Gasteiger partial charge on any atom is -0.313 e. The number of nitrogens with zero attached hydrogens (tertiary/aromatic N) is 2. The maximum atomic E-state index is 3.59. The van der Waals surface area contributed by atoms with Gasteiger partial charge in [0, 0.05) is 25.2 Å². The summed E-state index contributed by atoms with van der Waals surface area (Å²) in [5.74, 6) is 0. The molecule has 0 amide bonds. The minimum atomic E-state index is 0.515. The van der Waals surface area contributed by atoms with Crippen molar-refractivity contribution < 1.29 is 0 Å². The lowest BCUT2D eigenvalue weighted by Crippen LogP contribution is -2.39. The normalized spacial score (nSPS) is 21.0. The first kappa shape index (κ1) is 16.5. The van der Waals surface area contributed by atoms with Gasteiger partial charge < -0.3 is 5.32 Å². The van der Waals surface area contributed by atoms with E-state index in [0.29, 0.717) is 12.1 Å². The van der Waals surface area contributed by atoms with Crippen LogP contribution in [0.3, 0.4) is 0 Å². The molecule has 1 aromatic rings. The maximum Gasteiger partial charge on any atom is 0.0474 e. The predicted octanol–water partition coefficient (Wildman–Crippen LogP) is 2.75. The first-order valence-corrected chi connectivity index (χ1v) is 8.53. The van der Waals surface area contributed by atoms with E-state index in [-0.39, 0.29) is 0 Å². The molecule has 0 radical (unpaired) electrons. The Balaban J connectivity index is 2.03. The lowest BCUT2D eigenvalue weighted by molar-refractivity contribution is 0.162. The van der Waals surface area contributed by atoms with Gasteiger partial charge in [0.15, 0.2) is 0 Å². The van der Waals surface area contributed by atoms with Crippen molar-refractivity contribution in [2.24, 2.45) is 0 Å². The van der Waals surface area contributed by atoms with Crippen molar-refractivity contribution in [2.75, 3.05) is 39.3 Å². The van der Waals surface area contributed by atoms with E-state index < -0.39 is 0 Å². The molecule has 1 N–H and O–H groups in total. The predicted molar refractivity (Wildman–Crippen MR) is 90.6 cm³/mol. The number of rotatable bonds is 8. The molecule has 118 valence electrons. The highest BCUT2D eigenvalue weighted by Crippen LogP contribution is 2.23. The van der Waals surface area contributed by atoms with Gasteiger partial charge in [0.1, 0.15) is 0 Å². The molecule has 0 aliphatic carbocycles. The van der Waals surface area contributed by atoms with Crippen LogP contribution in [0.1, 0.15) is 38.8 Å². The number of hydrogen-bond donors (Lipinski definition) is 1. The largest absolute Gasteiger partial charge is 0.313 e. The maximum absolute atomic E-state index is 3.59. The lowest BCUT2D eigenvalue weighted by atomic mass is 10.0. The molecule has 0 spiro atoms. The van der Waals surface area contributed by atoms with E-state index in [1.165, 1.54) is 25.1 Å². The van der Waals surface area contributed by atoms with E-state index in [1.807, 2.05) is 0 Å². The Morgan fingerprint density at radius 2 is 1.90 bits per heavy atom. The summed E-state index contributed by atoms with van der Waals surface area (Å²) in [5.41, 5.74) is 1.45. The van der Waals surface area contributed by atoms with E-state index in [4.69, 9.17) is 0 Å². The average Bonchev–Trinajstić information content (AvgIpc) is 2.96. The Labute approximate surface area is 130 Å². The van der Waals surface area contributed by atoms with Gasteiger partial charge in [-0.1, -0.05) is 51.1 Å². The standard InChI is InChI=1S/C18H31N3/c1-4-19-17-12-13-20(14-17)15-18(21(5-2)6-3)16-10-8-7-9-11-16/h7-11,17-19H,4-6,12-15H2,1-3H3. The van der Waals surface area contributed by atoms with Gasteiger partial charge in [-0.25, -0.2) is 0 Å². The van der Waals surface area contributed by atoms with Crippen LogP contribution in [0.5, 0.6) is 0 Å². The molecule has 2 rings (SSSR count). The van der Waals surface area contributed by atoms with E-state index in [2.05, 4.69) is 66.2 Å². The van der Waals surface area contributed by atoms with Crippen molar-refractivity contribution in [1.29, 1.82) is 0 Å². The summed E-state index contributed by atoms with van der Waals surface area (Å²) in [4.78, 5) is 5.21. The SMILES string of the molecule is CCNC1CCN(CC(c2ccccc2)N(CC)CC)C1. The third-order valence-electron chi connectivity index (χ3n) is 4.63. The highest BCUT2D eigenvalue weighted by atomic mass is 15.2. The molecule has 3 nitrogen and oxygen atoms in total. The molecule has 2 atom stereocenters. The molecule has 1 aromatic carbocycles. The minimum absolute atomic E-state index is 0.515. The fraction of sp³-hybridized carbons (Fsp3) is 0.667. The second-order valence-corrected chi connectivity index (χ2v) is 5.95. The Kier molecular flexibility index (Phi) is 6.68. The number of likely N-dealkylation sites (N-methyl/N-ethyl adjacent to an activating group) is 2. The second-order valence-electron chi connectivity index (χ2n) is 5.95. The van der Waals surface area contributed by atoms with Crippen LogP contribution in [0.4, 0.5) is 0 Å². The van der Waals surface area contributed by atoms with Crippen LogP contribution < -0.4 is 5.32 Å². The number of nitrogens with one attached hydrogen (secondary N) is 1. The summed E-state index contributed by atoms with van der Waals surface area (Å²) in [6.45, 7) is 13.6. The topological polar surface area (TPSA) is 18.5 Å². The number of likely N-dealkylation sites (tertiary alicyclic amines) is 1. The molecular weight excluding hydrogens is 258 g/mol. The van der Waals surface area contributed by atoms with Crippen molar-refractivity contribution in [3.8, 4) is 0 Å². The zero-order valence-electron chi connectivity index (χ0n) is 13.9. The third kappa shape index (κ3) is 4.53. The molecule has 1 aliphatic rings. The van der Waals surface area contributed by atoms with Gasteiger partial charge in [-0.2, -0.15) is 0 Å². The fourth-order valence-corrected chi connectivity index (χ4v) is 3.47. The van der Waals surface area contributed by atoms with Gasteiger partial charge in [-0.05, 0) is 38.2 Å². The van der Waals surface area contributed by atoms with E-state index in [9.17, 15) is 0 Å². The fourth-order valence-electron chi connectivity index (χ4n) is 3.47. The van der Waals surface area contributed by atoms with Crippen LogP contribution in [0.15, 0.2) is 30.3 Å². The van der Waals surface area contributed by atoms with Crippen LogP contribution in [0.2, 0.25) is 0 Å². The monoisotopic (exact) mass is 289 g/mol. The van der Waals surface area contributed by atoms with Crippen LogP contribution >= 0.6 is 0 Å². The van der Waals surface area contributed by atoms with Crippen molar-refractivity contribution in [2.45, 2.75) is 39.3 Å². The van der Waals surface area contributed by atoms with Crippen LogP contribution in [0.25, 0.3) is 0 Å². The van der Waals surface area contributed by atoms with Crippen LogP contribution in [-0.4, -0.2) is 55.1 Å². The summed E-state index contributed by atoms with van der Waals surface area (Å²) in [6, 6.07) is 12.2. The Morgan fingerprint density at radius 1 is 1.19 bits per heavy atom. The molecule has 1 saturated heterocycles. The van der Waals surface area contributed by atoms with Gasteiger partial charge in [0.2, 0.25) is 0 Å². The molecule has 1 aliphatic heterocycles. The van der Waals surface area contributed by atoms with Gasteiger partial charge in [0.25, 0.3) is 0 Å². The molecule has 1 heterocycles. The van der Waals surface area contributed by atoms with E-state index >= 15 is 0 Å². The molecule has 0 bridgehead atoms. The molecule has 3 heteroatoms. The Morgan fingerprint density at radius 3 is 2.52 bits per heavy atom. The molecular formula is C18H31N3. The first-order chi connectivity index (χ1) is 10.3. The van der Waals surface area contributed by atoms with E-state index in [0.717, 1.165) is 26.2 Å². The van der Waals surface area contributed by atoms with Gasteiger partial charge in [0.05, 0.1) is 0 Å². The Hall–Kier alpha value is -0.900. The summed E-state index contributed by atoms with van der Waals surface area (Å²) >= 11 is 0. The Bertz CT molecular complexity index is 389. The third-order valence-corrected chi connectivity index (χ3v) is 4.63. The highest BCUT2D eigenvalue weighted by Gasteiger charge is 2.26. The summed E-state index contributed by atoms with van der Waals surface area (Å²) in [6.07, 6.45) is 1.29. The quantitative estimate of drug-likeness (QED) is 0.794. The molecule has 1 fully saturated rings. The summed E-state index contributed by atoms with van der Waals surface area (Å²) in [7, 11) is 0. The van der Waals surface area contributed by atoms with E-state index in [1.54, 1.807) is 0 Å². The van der Waals surface area contributed by atoms with Gasteiger partial charge in [-0.15, -0.1) is 0 Å².